The summed E-state index contributed by atoms with van der Waals surface area (Å²) in [4.78, 5) is 4.04. The van der Waals surface area contributed by atoms with Crippen LogP contribution in [0.3, 0.4) is 0 Å². The maximum absolute atomic E-state index is 5.55. The number of anilines is 1. The molecule has 3 nitrogen and oxygen atoms in total. The molecule has 2 N–H and O–H groups in total. The van der Waals surface area contributed by atoms with E-state index in [-0.39, 0.29) is 24.8 Å². The number of aromatic nitrogens is 1. The van der Waals surface area contributed by atoms with Crippen molar-refractivity contribution in [3.05, 3.63) is 48.7 Å². The van der Waals surface area contributed by atoms with E-state index in [1.165, 1.54) is 0 Å². The van der Waals surface area contributed by atoms with Crippen molar-refractivity contribution in [3.8, 4) is 11.6 Å². The molecule has 16 heavy (non-hydrogen) atoms. The lowest BCUT2D eigenvalue weighted by Gasteiger charge is -2.03. The Balaban J connectivity index is 0.00000112. The van der Waals surface area contributed by atoms with Crippen LogP contribution in [0.1, 0.15) is 0 Å². The Morgan fingerprint density at radius 1 is 0.938 bits per heavy atom. The Hall–Kier alpha value is -1.45. The molecule has 0 fully saturated rings. The minimum Gasteiger partial charge on any atom is -0.439 e. The third-order valence-electron chi connectivity index (χ3n) is 1.74. The first-order valence-corrected chi connectivity index (χ1v) is 4.29. The van der Waals surface area contributed by atoms with Crippen molar-refractivity contribution in [3.63, 3.8) is 0 Å². The number of nitrogens with zero attached hydrogens (tertiary/aromatic N) is 1. The molecule has 0 bridgehead atoms. The molecule has 0 saturated carbocycles. The van der Waals surface area contributed by atoms with Gasteiger partial charge in [-0.3, -0.25) is 0 Å². The Kier molecular flexibility index (Phi) is 6.30. The molecule has 1 aromatic heterocycles. The average molecular weight is 259 g/mol. The number of benzene rings is 1. The van der Waals surface area contributed by atoms with E-state index < -0.39 is 0 Å². The van der Waals surface area contributed by atoms with Crippen molar-refractivity contribution in [2.24, 2.45) is 0 Å². The topological polar surface area (TPSA) is 48.1 Å². The normalized spacial score (nSPS) is 8.50. The van der Waals surface area contributed by atoms with Gasteiger partial charge in [-0.15, -0.1) is 24.8 Å². The minimum absolute atomic E-state index is 0. The molecule has 0 aliphatic rings. The van der Waals surface area contributed by atoms with E-state index in [4.69, 9.17) is 10.5 Å². The fraction of sp³-hybridized carbons (Fsp3) is 0. The zero-order chi connectivity index (χ0) is 9.80. The Morgan fingerprint density at radius 2 is 1.62 bits per heavy atom. The van der Waals surface area contributed by atoms with E-state index in [0.717, 1.165) is 11.4 Å². The van der Waals surface area contributed by atoms with Crippen LogP contribution in [-0.2, 0) is 0 Å². The van der Waals surface area contributed by atoms with Crippen LogP contribution in [0, 0.1) is 0 Å². The molecule has 86 valence electrons. The summed E-state index contributed by atoms with van der Waals surface area (Å²) in [7, 11) is 0. The Bertz CT molecular complexity index is 406. The number of hydrogen-bond acceptors (Lipinski definition) is 3. The van der Waals surface area contributed by atoms with Crippen molar-refractivity contribution in [1.29, 1.82) is 0 Å². The molecule has 0 aliphatic carbocycles. The Morgan fingerprint density at radius 3 is 2.19 bits per heavy atom. The largest absolute Gasteiger partial charge is 0.439 e. The average Bonchev–Trinajstić information content (AvgIpc) is 2.23. The summed E-state index contributed by atoms with van der Waals surface area (Å²) < 4.78 is 5.47. The molecule has 0 amide bonds. The second kappa shape index (κ2) is 6.93. The SMILES string of the molecule is Cl.Cl.Nc1ccc(Oc2ccccn2)cc1. The summed E-state index contributed by atoms with van der Waals surface area (Å²) in [6, 6.07) is 12.7. The van der Waals surface area contributed by atoms with E-state index in [9.17, 15) is 0 Å². The quantitative estimate of drug-likeness (QED) is 0.842. The van der Waals surface area contributed by atoms with Crippen LogP contribution in [0.5, 0.6) is 11.6 Å². The molecule has 0 atom stereocenters. The summed E-state index contributed by atoms with van der Waals surface area (Å²) in [5.41, 5.74) is 6.27. The monoisotopic (exact) mass is 258 g/mol. The highest BCUT2D eigenvalue weighted by Gasteiger charge is 1.95. The van der Waals surface area contributed by atoms with Gasteiger partial charge in [-0.2, -0.15) is 0 Å². The molecular weight excluding hydrogens is 247 g/mol. The molecule has 0 spiro atoms. The van der Waals surface area contributed by atoms with Gasteiger partial charge in [0.25, 0.3) is 0 Å². The molecule has 0 aliphatic heterocycles. The van der Waals surface area contributed by atoms with E-state index in [1.807, 2.05) is 24.3 Å². The lowest BCUT2D eigenvalue weighted by molar-refractivity contribution is 0.463. The third kappa shape index (κ3) is 3.96. The number of halogens is 2. The van der Waals surface area contributed by atoms with Gasteiger partial charge in [-0.1, -0.05) is 6.07 Å². The van der Waals surface area contributed by atoms with Gasteiger partial charge >= 0.3 is 0 Å². The first kappa shape index (κ1) is 14.6. The van der Waals surface area contributed by atoms with Crippen LogP contribution in [0.25, 0.3) is 0 Å². The van der Waals surface area contributed by atoms with E-state index in [0.29, 0.717) is 5.88 Å². The number of nitrogen functional groups attached to an aromatic ring is 1. The highest BCUT2D eigenvalue weighted by atomic mass is 35.5. The van der Waals surface area contributed by atoms with Crippen molar-refractivity contribution < 1.29 is 4.74 Å². The zero-order valence-corrected chi connectivity index (χ0v) is 10.0. The standard InChI is InChI=1S/C11H10N2O.2ClH/c12-9-4-6-10(7-5-9)14-11-3-1-2-8-13-11;;/h1-8H,12H2;2*1H. The van der Waals surface area contributed by atoms with Gasteiger partial charge in [0.05, 0.1) is 0 Å². The van der Waals surface area contributed by atoms with Gasteiger partial charge in [0.15, 0.2) is 0 Å². The number of pyridine rings is 1. The lowest BCUT2D eigenvalue weighted by Crippen LogP contribution is -1.87. The van der Waals surface area contributed by atoms with Gasteiger partial charge in [-0.25, -0.2) is 4.98 Å². The molecule has 1 aromatic carbocycles. The molecule has 2 rings (SSSR count). The molecule has 5 heteroatoms. The third-order valence-corrected chi connectivity index (χ3v) is 1.74. The summed E-state index contributed by atoms with van der Waals surface area (Å²) in [5.74, 6) is 1.31. The summed E-state index contributed by atoms with van der Waals surface area (Å²) in [6.45, 7) is 0. The highest BCUT2D eigenvalue weighted by Crippen LogP contribution is 2.19. The van der Waals surface area contributed by atoms with Crippen molar-refractivity contribution in [2.45, 2.75) is 0 Å². The lowest BCUT2D eigenvalue weighted by atomic mass is 10.3. The van der Waals surface area contributed by atoms with Crippen LogP contribution >= 0.6 is 24.8 Å². The van der Waals surface area contributed by atoms with Gasteiger partial charge in [0.2, 0.25) is 5.88 Å². The van der Waals surface area contributed by atoms with Crippen molar-refractivity contribution in [1.82, 2.24) is 4.98 Å². The number of hydrogen-bond donors (Lipinski definition) is 1. The minimum atomic E-state index is 0. The molecule has 0 unspecified atom stereocenters. The maximum Gasteiger partial charge on any atom is 0.219 e. The van der Waals surface area contributed by atoms with Crippen LogP contribution < -0.4 is 10.5 Å². The predicted molar refractivity (Wildman–Crippen MR) is 69.7 cm³/mol. The van der Waals surface area contributed by atoms with Gasteiger partial charge in [0.1, 0.15) is 5.75 Å². The number of rotatable bonds is 2. The fourth-order valence-corrected chi connectivity index (χ4v) is 1.06. The van der Waals surface area contributed by atoms with Crippen molar-refractivity contribution in [2.75, 3.05) is 5.73 Å². The molecular formula is C11H12Cl2N2O. The zero-order valence-electron chi connectivity index (χ0n) is 8.37. The molecule has 1 heterocycles. The van der Waals surface area contributed by atoms with Crippen LogP contribution in [0.2, 0.25) is 0 Å². The van der Waals surface area contributed by atoms with Gasteiger partial charge < -0.3 is 10.5 Å². The van der Waals surface area contributed by atoms with Crippen molar-refractivity contribution >= 4 is 30.5 Å². The van der Waals surface area contributed by atoms with E-state index >= 15 is 0 Å². The van der Waals surface area contributed by atoms with Crippen LogP contribution in [0.4, 0.5) is 5.69 Å². The first-order valence-electron chi connectivity index (χ1n) is 4.29. The van der Waals surface area contributed by atoms with E-state index in [1.54, 1.807) is 24.4 Å². The second-order valence-electron chi connectivity index (χ2n) is 2.84. The molecule has 0 saturated heterocycles. The highest BCUT2D eigenvalue weighted by molar-refractivity contribution is 5.85. The van der Waals surface area contributed by atoms with E-state index in [2.05, 4.69) is 4.98 Å². The number of ether oxygens (including phenoxy) is 1. The summed E-state index contributed by atoms with van der Waals surface area (Å²) >= 11 is 0. The first-order chi connectivity index (χ1) is 6.84. The summed E-state index contributed by atoms with van der Waals surface area (Å²) in [5, 5.41) is 0. The predicted octanol–water partition coefficient (Wildman–Crippen LogP) is 3.30. The molecule has 0 radical (unpaired) electrons. The summed E-state index contributed by atoms with van der Waals surface area (Å²) in [6.07, 6.45) is 1.69. The van der Waals surface area contributed by atoms with Gasteiger partial charge in [-0.05, 0) is 30.3 Å². The fourth-order valence-electron chi connectivity index (χ4n) is 1.06. The maximum atomic E-state index is 5.55. The van der Waals surface area contributed by atoms with Crippen LogP contribution in [-0.4, -0.2) is 4.98 Å². The smallest absolute Gasteiger partial charge is 0.219 e. The second-order valence-corrected chi connectivity index (χ2v) is 2.84. The van der Waals surface area contributed by atoms with Gasteiger partial charge in [0, 0.05) is 18.0 Å². The Labute approximate surface area is 106 Å². The molecule has 2 aromatic rings. The number of nitrogens with two attached hydrogens (primary N) is 1. The van der Waals surface area contributed by atoms with Crippen LogP contribution in [0.15, 0.2) is 48.7 Å².